The number of hydrogen-bond acceptors (Lipinski definition) is 8. The minimum Gasteiger partial charge on any atom is -0.288 e. The van der Waals surface area contributed by atoms with Gasteiger partial charge in [-0.3, -0.25) is 15.1 Å². The Balaban J connectivity index is 0.000000184. The van der Waals surface area contributed by atoms with Crippen LogP contribution in [-0.2, 0) is 10.8 Å². The highest BCUT2D eigenvalue weighted by atomic mass is 35.5. The van der Waals surface area contributed by atoms with Gasteiger partial charge in [-0.25, -0.2) is 19.0 Å². The van der Waals surface area contributed by atoms with Gasteiger partial charge in [0.1, 0.15) is 54.1 Å². The number of nitriles is 2. The maximum atomic E-state index is 14.2. The zero-order chi connectivity index (χ0) is 44.2. The van der Waals surface area contributed by atoms with E-state index < -0.39 is 48.5 Å². The van der Waals surface area contributed by atoms with Crippen LogP contribution in [0.4, 0.5) is 30.7 Å². The number of alkyl halides is 6. The molecule has 2 unspecified atom stereocenters. The van der Waals surface area contributed by atoms with E-state index in [-0.39, 0.29) is 65.8 Å². The number of H-pyrrole nitrogens is 1. The number of nitrogens with one attached hydrogen (secondary N) is 1. The number of hydrogen-bond donors (Lipinski definition) is 1. The van der Waals surface area contributed by atoms with Gasteiger partial charge in [-0.05, 0) is 82.9 Å². The summed E-state index contributed by atoms with van der Waals surface area (Å²) in [6, 6.07) is 19.7. The second-order valence-corrected chi connectivity index (χ2v) is 15.2. The fourth-order valence-electron chi connectivity index (χ4n) is 6.69. The van der Waals surface area contributed by atoms with Crippen LogP contribution in [0.3, 0.4) is 0 Å². The summed E-state index contributed by atoms with van der Waals surface area (Å²) in [5.41, 5.74) is -3.05. The van der Waals surface area contributed by atoms with E-state index in [0.29, 0.717) is 11.3 Å². The van der Waals surface area contributed by atoms with Crippen LogP contribution in [0.2, 0.25) is 20.1 Å². The van der Waals surface area contributed by atoms with Crippen molar-refractivity contribution in [3.63, 3.8) is 0 Å². The van der Waals surface area contributed by atoms with Crippen molar-refractivity contribution >= 4 is 57.8 Å². The van der Waals surface area contributed by atoms with Crippen LogP contribution in [0.1, 0.15) is 46.2 Å². The molecule has 2 aromatic heterocycles. The molecule has 4 aromatic carbocycles. The van der Waals surface area contributed by atoms with Crippen molar-refractivity contribution in [1.29, 1.82) is 10.5 Å². The largest absolute Gasteiger partial charge is 0.400 e. The maximum absolute atomic E-state index is 14.2. The van der Waals surface area contributed by atoms with Crippen LogP contribution in [-0.4, -0.2) is 66.8 Å². The monoisotopic (exact) mass is 918 g/mol. The lowest BCUT2D eigenvalue weighted by atomic mass is 9.76. The number of aromatic nitrogens is 6. The first-order chi connectivity index (χ1) is 28.9. The van der Waals surface area contributed by atoms with Gasteiger partial charge < -0.3 is 0 Å². The van der Waals surface area contributed by atoms with E-state index in [1.165, 1.54) is 84.6 Å². The summed E-state index contributed by atoms with van der Waals surface area (Å²) in [7, 11) is 0. The molecule has 8 rings (SSSR count). The summed E-state index contributed by atoms with van der Waals surface area (Å²) >= 11 is 23.7. The maximum Gasteiger partial charge on any atom is 0.400 e. The molecule has 1 N–H and O–H groups in total. The van der Waals surface area contributed by atoms with Gasteiger partial charge in [0.25, 0.3) is 0 Å². The Hall–Kier alpha value is -5.85. The first-order valence-corrected chi connectivity index (χ1v) is 18.9. The third kappa shape index (κ3) is 9.55. The molecule has 2 atom stereocenters. The topological polar surface area (TPSA) is 145 Å². The zero-order valence-electron chi connectivity index (χ0n) is 30.7. The molecule has 312 valence electrons. The van der Waals surface area contributed by atoms with Crippen molar-refractivity contribution in [2.75, 3.05) is 13.1 Å². The minimum absolute atomic E-state index is 0.0361. The number of rotatable bonds is 5. The third-order valence-corrected chi connectivity index (χ3v) is 10.7. The average molecular weight is 921 g/mol. The molecule has 0 fully saturated rings. The van der Waals surface area contributed by atoms with Gasteiger partial charge in [0.2, 0.25) is 0 Å². The SMILES string of the molecule is N#Cc1cc(C2=NCC(c3cc(Cl)cc(Cl)c3)(C(F)(F)F)C2)ccc1-n1cncn1.N#Cc1cc(C2=NCC(c3cc(Cl)cc(Cl)c3)(C(F)(F)F)C2)ccc1F.c1nc[nH]n1. The third-order valence-electron chi connectivity index (χ3n) is 9.80. The summed E-state index contributed by atoms with van der Waals surface area (Å²) in [4.78, 5) is 15.6. The predicted octanol–water partition coefficient (Wildman–Crippen LogP) is 10.6. The lowest BCUT2D eigenvalue weighted by Crippen LogP contribution is -2.43. The zero-order valence-corrected chi connectivity index (χ0v) is 33.8. The first-order valence-electron chi connectivity index (χ1n) is 17.4. The van der Waals surface area contributed by atoms with Crippen LogP contribution >= 0.6 is 46.4 Å². The number of halogens is 11. The van der Waals surface area contributed by atoms with Crippen LogP contribution in [0.5, 0.6) is 0 Å². The van der Waals surface area contributed by atoms with Crippen molar-refractivity contribution in [3.8, 4) is 17.8 Å². The van der Waals surface area contributed by atoms with E-state index in [0.717, 1.165) is 6.07 Å². The van der Waals surface area contributed by atoms with Crippen molar-refractivity contribution in [1.82, 2.24) is 29.9 Å². The molecule has 10 nitrogen and oxygen atoms in total. The molecular formula is C40H25Cl4F7N10. The number of benzene rings is 4. The second kappa shape index (κ2) is 18.0. The average Bonchev–Trinajstić information content (AvgIpc) is 4.05. The Labute approximate surface area is 361 Å². The summed E-state index contributed by atoms with van der Waals surface area (Å²) in [5.74, 6) is -0.737. The van der Waals surface area contributed by atoms with Gasteiger partial charge in [-0.15, -0.1) is 0 Å². The molecule has 0 saturated heterocycles. The Bertz CT molecular complexity index is 2630. The molecule has 0 aliphatic carbocycles. The lowest BCUT2D eigenvalue weighted by molar-refractivity contribution is -0.184. The van der Waals surface area contributed by atoms with E-state index in [2.05, 4.69) is 35.2 Å². The Morgan fingerprint density at radius 1 is 0.639 bits per heavy atom. The normalized spacial score (nSPS) is 18.4. The smallest absolute Gasteiger partial charge is 0.288 e. The first kappa shape index (κ1) is 44.7. The molecule has 6 aromatic rings. The molecule has 2 aliphatic heterocycles. The van der Waals surface area contributed by atoms with Crippen LogP contribution in [0.25, 0.3) is 5.69 Å². The highest BCUT2D eigenvalue weighted by Crippen LogP contribution is 2.50. The molecule has 0 saturated carbocycles. The van der Waals surface area contributed by atoms with Crippen molar-refractivity contribution < 1.29 is 30.7 Å². The van der Waals surface area contributed by atoms with Crippen molar-refractivity contribution in [3.05, 3.63) is 157 Å². The van der Waals surface area contributed by atoms with E-state index in [4.69, 9.17) is 51.7 Å². The van der Waals surface area contributed by atoms with E-state index in [9.17, 15) is 36.0 Å². The van der Waals surface area contributed by atoms with Crippen molar-refractivity contribution in [2.24, 2.45) is 9.98 Å². The van der Waals surface area contributed by atoms with Crippen LogP contribution < -0.4 is 0 Å². The summed E-state index contributed by atoms with van der Waals surface area (Å²) in [6.45, 7) is -1.03. The Morgan fingerprint density at radius 3 is 1.52 bits per heavy atom. The molecule has 4 heterocycles. The standard InChI is InChI=1S/C20H12Cl2F3N5.C18H10Cl2F4N2.C2H3N3/c21-15-4-14(5-16(22)6-15)19(20(23,24)25)7-17(28-9-19)12-1-2-18(13(3-12)8-26)30-11-27-10-29-30;19-13-4-12(5-14(20)6-13)17(18(22,23)24)7-16(26-9-17)10-1-2-15(21)11(3-10)8-25;1-3-2-5-4-1/h1-6,10-11H,7,9H2;1-6H,7,9H2;1-2H,(H,3,4,5). The molecule has 21 heteroatoms. The van der Waals surface area contributed by atoms with Crippen LogP contribution in [0, 0.1) is 28.5 Å². The van der Waals surface area contributed by atoms with Gasteiger partial charge in [0, 0.05) is 44.4 Å². The molecule has 0 amide bonds. The summed E-state index contributed by atoms with van der Waals surface area (Å²) in [6.07, 6.45) is -4.32. The molecule has 0 radical (unpaired) electrons. The van der Waals surface area contributed by atoms with Gasteiger partial charge >= 0.3 is 12.4 Å². The molecule has 0 spiro atoms. The summed E-state index contributed by atoms with van der Waals surface area (Å²) in [5, 5.41) is 28.8. The van der Waals surface area contributed by atoms with E-state index in [1.807, 2.05) is 6.07 Å². The number of aromatic amines is 1. The highest BCUT2D eigenvalue weighted by molar-refractivity contribution is 6.35. The minimum atomic E-state index is -4.61. The predicted molar refractivity (Wildman–Crippen MR) is 214 cm³/mol. The molecule has 61 heavy (non-hydrogen) atoms. The quantitative estimate of drug-likeness (QED) is 0.171. The fraction of sp³-hybridized carbons (Fsp3) is 0.200. The lowest BCUT2D eigenvalue weighted by Gasteiger charge is -2.31. The van der Waals surface area contributed by atoms with Gasteiger partial charge in [0.05, 0.1) is 29.9 Å². The van der Waals surface area contributed by atoms with Gasteiger partial charge in [-0.2, -0.15) is 47.1 Å². The van der Waals surface area contributed by atoms with Crippen molar-refractivity contribution in [2.45, 2.75) is 36.0 Å². The van der Waals surface area contributed by atoms with Gasteiger partial charge in [0.15, 0.2) is 0 Å². The Kier molecular flexibility index (Phi) is 13.2. The molecule has 2 aliphatic rings. The second-order valence-electron chi connectivity index (χ2n) is 13.5. The number of nitrogens with zero attached hydrogens (tertiary/aromatic N) is 9. The van der Waals surface area contributed by atoms with E-state index >= 15 is 0 Å². The van der Waals surface area contributed by atoms with Gasteiger partial charge in [-0.1, -0.05) is 58.5 Å². The Morgan fingerprint density at radius 2 is 1.13 bits per heavy atom. The molecule has 0 bridgehead atoms. The highest BCUT2D eigenvalue weighted by Gasteiger charge is 2.59. The molecular weight excluding hydrogens is 895 g/mol. The summed E-state index contributed by atoms with van der Waals surface area (Å²) < 4.78 is 99.5. The van der Waals surface area contributed by atoms with Crippen LogP contribution in [0.15, 0.2) is 108 Å². The van der Waals surface area contributed by atoms with E-state index in [1.54, 1.807) is 18.2 Å². The number of aliphatic imine (C=N–C) groups is 2. The fourth-order valence-corrected chi connectivity index (χ4v) is 7.74.